The third-order valence-corrected chi connectivity index (χ3v) is 8.03. The van der Waals surface area contributed by atoms with Crippen molar-refractivity contribution in [2.75, 3.05) is 6.54 Å². The maximum atomic E-state index is 13.6. The van der Waals surface area contributed by atoms with Gasteiger partial charge in [0.15, 0.2) is 0 Å². The smallest absolute Gasteiger partial charge is 0.254 e. The lowest BCUT2D eigenvalue weighted by Crippen LogP contribution is -2.59. The first-order chi connectivity index (χ1) is 15.9. The molecule has 6 nitrogen and oxygen atoms in total. The fourth-order valence-corrected chi connectivity index (χ4v) is 5.82. The van der Waals surface area contributed by atoms with Crippen molar-refractivity contribution < 1.29 is 4.79 Å². The number of H-pyrrole nitrogens is 1. The van der Waals surface area contributed by atoms with Crippen molar-refractivity contribution >= 4 is 16.9 Å². The molecule has 1 saturated heterocycles. The van der Waals surface area contributed by atoms with Gasteiger partial charge in [-0.15, -0.1) is 0 Å². The summed E-state index contributed by atoms with van der Waals surface area (Å²) in [6.45, 7) is 7.39. The van der Waals surface area contributed by atoms with Crippen LogP contribution < -0.4 is 0 Å². The molecule has 1 aliphatic heterocycles. The van der Waals surface area contributed by atoms with Crippen LogP contribution in [0.3, 0.4) is 0 Å². The lowest BCUT2D eigenvalue weighted by Gasteiger charge is -2.54. The molecule has 33 heavy (non-hydrogen) atoms. The maximum Gasteiger partial charge on any atom is 0.254 e. The SMILES string of the molecule is Cc1ccc(-c2ccc3c(c2)[C@]2(C)CCN(C(=O)c4ccc5nc[nH]c5c4)C(C3)C2C)nn1. The van der Waals surface area contributed by atoms with E-state index in [1.165, 1.54) is 11.1 Å². The molecule has 6 heteroatoms. The molecule has 0 saturated carbocycles. The van der Waals surface area contributed by atoms with Gasteiger partial charge in [-0.3, -0.25) is 4.79 Å². The molecule has 0 spiro atoms. The third kappa shape index (κ3) is 3.08. The summed E-state index contributed by atoms with van der Waals surface area (Å²) >= 11 is 0. The van der Waals surface area contributed by atoms with Gasteiger partial charge in [-0.05, 0) is 78.6 Å². The third-order valence-electron chi connectivity index (χ3n) is 8.03. The Labute approximate surface area is 193 Å². The molecule has 1 amide bonds. The Morgan fingerprint density at radius 1 is 1.12 bits per heavy atom. The number of aryl methyl sites for hydroxylation is 1. The molecular weight excluding hydrogens is 410 g/mol. The second-order valence-corrected chi connectivity index (χ2v) is 9.79. The topological polar surface area (TPSA) is 74.8 Å². The quantitative estimate of drug-likeness (QED) is 0.494. The number of carbonyl (C=O) groups is 1. The molecule has 2 aromatic heterocycles. The Kier molecular flexibility index (Phi) is 4.41. The van der Waals surface area contributed by atoms with Gasteiger partial charge in [0.1, 0.15) is 0 Å². The van der Waals surface area contributed by atoms with Crippen LogP contribution in [-0.2, 0) is 11.8 Å². The van der Waals surface area contributed by atoms with Crippen molar-refractivity contribution in [2.45, 2.75) is 45.1 Å². The van der Waals surface area contributed by atoms with Crippen molar-refractivity contribution in [1.82, 2.24) is 25.1 Å². The van der Waals surface area contributed by atoms with Gasteiger partial charge in [-0.25, -0.2) is 4.98 Å². The number of amides is 1. The van der Waals surface area contributed by atoms with Crippen LogP contribution in [-0.4, -0.2) is 43.6 Å². The Balaban J connectivity index is 1.35. The molecule has 0 radical (unpaired) electrons. The number of benzene rings is 2. The van der Waals surface area contributed by atoms with Crippen LogP contribution in [0.1, 0.15) is 47.4 Å². The number of nitrogens with one attached hydrogen (secondary N) is 1. The molecule has 6 rings (SSSR count). The van der Waals surface area contributed by atoms with Gasteiger partial charge in [0.25, 0.3) is 5.91 Å². The zero-order chi connectivity index (χ0) is 22.7. The molecule has 1 aliphatic carbocycles. The fourth-order valence-electron chi connectivity index (χ4n) is 5.82. The molecule has 2 unspecified atom stereocenters. The predicted molar refractivity (Wildman–Crippen MR) is 128 cm³/mol. The van der Waals surface area contributed by atoms with Crippen molar-refractivity contribution in [3.63, 3.8) is 0 Å². The van der Waals surface area contributed by atoms with Gasteiger partial charge < -0.3 is 9.88 Å². The van der Waals surface area contributed by atoms with Gasteiger partial charge in [0, 0.05) is 23.7 Å². The summed E-state index contributed by atoms with van der Waals surface area (Å²) < 4.78 is 0. The Morgan fingerprint density at radius 2 is 2.00 bits per heavy atom. The van der Waals surface area contributed by atoms with Gasteiger partial charge in [0.05, 0.1) is 28.7 Å². The second-order valence-electron chi connectivity index (χ2n) is 9.79. The zero-order valence-corrected chi connectivity index (χ0v) is 19.2. The number of aromatic amines is 1. The molecule has 1 fully saturated rings. The number of aromatic nitrogens is 4. The molecule has 2 aliphatic rings. The van der Waals surface area contributed by atoms with E-state index in [1.807, 2.05) is 37.3 Å². The summed E-state index contributed by atoms with van der Waals surface area (Å²) in [5, 5.41) is 8.63. The number of hydrogen-bond acceptors (Lipinski definition) is 4. The summed E-state index contributed by atoms with van der Waals surface area (Å²) in [6.07, 6.45) is 3.49. The van der Waals surface area contributed by atoms with E-state index >= 15 is 0 Å². The van der Waals surface area contributed by atoms with Crippen molar-refractivity contribution in [2.24, 2.45) is 5.92 Å². The van der Waals surface area contributed by atoms with Crippen LogP contribution in [0.4, 0.5) is 0 Å². The maximum absolute atomic E-state index is 13.6. The van der Waals surface area contributed by atoms with E-state index in [0.29, 0.717) is 5.92 Å². The molecule has 1 N–H and O–H groups in total. The van der Waals surface area contributed by atoms with E-state index in [1.54, 1.807) is 6.33 Å². The van der Waals surface area contributed by atoms with E-state index in [-0.39, 0.29) is 17.4 Å². The Hall–Kier alpha value is -3.54. The number of fused-ring (bicyclic) bond motifs is 5. The highest BCUT2D eigenvalue weighted by atomic mass is 16.2. The first-order valence-electron chi connectivity index (χ1n) is 11.6. The fraction of sp³-hybridized carbons (Fsp3) is 0.333. The number of carbonyl (C=O) groups excluding carboxylic acids is 1. The first-order valence-corrected chi connectivity index (χ1v) is 11.6. The summed E-state index contributed by atoms with van der Waals surface area (Å²) in [4.78, 5) is 23.1. The molecule has 3 atom stereocenters. The van der Waals surface area contributed by atoms with Gasteiger partial charge in [-0.1, -0.05) is 26.0 Å². The van der Waals surface area contributed by atoms with Gasteiger partial charge >= 0.3 is 0 Å². The van der Waals surface area contributed by atoms with Crippen LogP contribution in [0.5, 0.6) is 0 Å². The van der Waals surface area contributed by atoms with E-state index in [9.17, 15) is 4.79 Å². The van der Waals surface area contributed by atoms with E-state index in [0.717, 1.165) is 52.9 Å². The normalized spacial score (nSPS) is 24.0. The average Bonchev–Trinajstić information content (AvgIpc) is 3.29. The predicted octanol–water partition coefficient (Wildman–Crippen LogP) is 4.69. The summed E-state index contributed by atoms with van der Waals surface area (Å²) in [5.41, 5.74) is 8.20. The van der Waals surface area contributed by atoms with Crippen LogP contribution in [0.2, 0.25) is 0 Å². The number of likely N-dealkylation sites (tertiary alicyclic amines) is 1. The summed E-state index contributed by atoms with van der Waals surface area (Å²) in [6, 6.07) is 16.7. The number of hydrogen-bond donors (Lipinski definition) is 1. The van der Waals surface area contributed by atoms with Crippen LogP contribution >= 0.6 is 0 Å². The highest BCUT2D eigenvalue weighted by Crippen LogP contribution is 2.49. The number of imidazole rings is 1. The minimum absolute atomic E-state index is 0.0243. The van der Waals surface area contributed by atoms with Gasteiger partial charge in [0.2, 0.25) is 0 Å². The van der Waals surface area contributed by atoms with Crippen LogP contribution in [0, 0.1) is 12.8 Å². The van der Waals surface area contributed by atoms with Crippen molar-refractivity contribution in [3.8, 4) is 11.3 Å². The number of rotatable bonds is 2. The van der Waals surface area contributed by atoms with Gasteiger partial charge in [-0.2, -0.15) is 10.2 Å². The highest BCUT2D eigenvalue weighted by molar-refractivity contribution is 5.97. The summed E-state index contributed by atoms with van der Waals surface area (Å²) in [7, 11) is 0. The Morgan fingerprint density at radius 3 is 2.82 bits per heavy atom. The van der Waals surface area contributed by atoms with E-state index in [2.05, 4.69) is 57.1 Å². The lowest BCUT2D eigenvalue weighted by molar-refractivity contribution is 0.0251. The zero-order valence-electron chi connectivity index (χ0n) is 19.2. The second kappa shape index (κ2) is 7.24. The minimum atomic E-state index is 0.0243. The lowest BCUT2D eigenvalue weighted by atomic mass is 9.58. The molecule has 4 aromatic rings. The van der Waals surface area contributed by atoms with Crippen molar-refractivity contribution in [3.05, 3.63) is 77.2 Å². The molecule has 2 aromatic carbocycles. The molecule has 3 heterocycles. The Bertz CT molecular complexity index is 1380. The van der Waals surface area contributed by atoms with Crippen LogP contribution in [0.15, 0.2) is 54.9 Å². The average molecular weight is 438 g/mol. The van der Waals surface area contributed by atoms with Crippen molar-refractivity contribution in [1.29, 1.82) is 0 Å². The largest absolute Gasteiger partial charge is 0.345 e. The standard InChI is InChI=1S/C27H27N5O/c1-16-4-8-22(31-30-16)19-6-5-18-14-25-17(2)27(3,21(18)12-19)10-11-32(25)26(33)20-7-9-23-24(13-20)29-15-28-23/h4-9,12-13,15,17,25H,10-11,14H2,1-3H3,(H,28,29)/t17?,25?,27-/m1/s1. The molecular formula is C27H27N5O. The minimum Gasteiger partial charge on any atom is -0.345 e. The van der Waals surface area contributed by atoms with E-state index < -0.39 is 0 Å². The summed E-state index contributed by atoms with van der Waals surface area (Å²) in [5.74, 6) is 0.471. The number of nitrogens with zero attached hydrogens (tertiary/aromatic N) is 4. The monoisotopic (exact) mass is 437 g/mol. The van der Waals surface area contributed by atoms with Crippen LogP contribution in [0.25, 0.3) is 22.3 Å². The molecule has 166 valence electrons. The number of piperidine rings is 1. The first kappa shape index (κ1) is 20.1. The highest BCUT2D eigenvalue weighted by Gasteiger charge is 2.49. The molecule has 2 bridgehead atoms. The van der Waals surface area contributed by atoms with E-state index in [4.69, 9.17) is 0 Å².